The van der Waals surface area contributed by atoms with Gasteiger partial charge in [-0.3, -0.25) is 4.40 Å². The number of aromatic nitrogens is 5. The fourth-order valence-electron chi connectivity index (χ4n) is 1.89. The number of hydrogen-bond acceptors (Lipinski definition) is 6. The molecule has 0 aliphatic rings. The summed E-state index contributed by atoms with van der Waals surface area (Å²) < 4.78 is 3.58. The Hall–Kier alpha value is -2.24. The van der Waals surface area contributed by atoms with Crippen molar-refractivity contribution >= 4 is 16.3 Å². The minimum Gasteiger partial charge on any atom is -0.309 e. The lowest BCUT2D eigenvalue weighted by Crippen LogP contribution is -2.23. The largest absolute Gasteiger partial charge is 0.309 e. The highest BCUT2D eigenvalue weighted by Crippen LogP contribution is 2.20. The van der Waals surface area contributed by atoms with E-state index in [0.29, 0.717) is 18.4 Å². The standard InChI is InChI=1S/C12H13N7S/c1-8(2)14-6-9-11(16-12-18(9)3-4-20-12)19-7-15-10(5-13)17-19/h3-4,7-8,14H,6H2,1-2H3. The van der Waals surface area contributed by atoms with E-state index in [0.717, 1.165) is 10.7 Å². The lowest BCUT2D eigenvalue weighted by atomic mass is 10.3. The highest BCUT2D eigenvalue weighted by molar-refractivity contribution is 7.15. The molecule has 0 fully saturated rings. The molecule has 3 aromatic heterocycles. The van der Waals surface area contributed by atoms with Crippen molar-refractivity contribution in [2.45, 2.75) is 26.4 Å². The molecule has 102 valence electrons. The van der Waals surface area contributed by atoms with Crippen LogP contribution in [0.2, 0.25) is 0 Å². The van der Waals surface area contributed by atoms with E-state index in [1.165, 1.54) is 6.33 Å². The van der Waals surface area contributed by atoms with E-state index in [1.54, 1.807) is 16.0 Å². The quantitative estimate of drug-likeness (QED) is 0.783. The zero-order chi connectivity index (χ0) is 14.1. The van der Waals surface area contributed by atoms with Crippen molar-refractivity contribution < 1.29 is 0 Å². The van der Waals surface area contributed by atoms with Crippen molar-refractivity contribution in [1.29, 1.82) is 5.26 Å². The second-order valence-corrected chi connectivity index (χ2v) is 5.47. The summed E-state index contributed by atoms with van der Waals surface area (Å²) in [5.41, 5.74) is 1.00. The van der Waals surface area contributed by atoms with E-state index >= 15 is 0 Å². The third-order valence-electron chi connectivity index (χ3n) is 2.83. The summed E-state index contributed by atoms with van der Waals surface area (Å²) in [6.07, 6.45) is 3.50. The topological polar surface area (TPSA) is 83.8 Å². The third-order valence-corrected chi connectivity index (χ3v) is 3.58. The summed E-state index contributed by atoms with van der Waals surface area (Å²) in [7, 11) is 0. The molecule has 0 aliphatic carbocycles. The first-order valence-electron chi connectivity index (χ1n) is 6.19. The van der Waals surface area contributed by atoms with Crippen molar-refractivity contribution in [3.05, 3.63) is 29.4 Å². The molecule has 20 heavy (non-hydrogen) atoms. The summed E-state index contributed by atoms with van der Waals surface area (Å²) in [5, 5.41) is 18.3. The van der Waals surface area contributed by atoms with E-state index < -0.39 is 0 Å². The van der Waals surface area contributed by atoms with E-state index in [2.05, 4.69) is 34.2 Å². The molecule has 7 nitrogen and oxygen atoms in total. The van der Waals surface area contributed by atoms with Crippen molar-refractivity contribution in [1.82, 2.24) is 29.5 Å². The van der Waals surface area contributed by atoms with E-state index in [1.807, 2.05) is 22.0 Å². The van der Waals surface area contributed by atoms with Crippen LogP contribution in [-0.2, 0) is 6.54 Å². The number of fused-ring (bicyclic) bond motifs is 1. The number of nitrogens with zero attached hydrogens (tertiary/aromatic N) is 6. The average Bonchev–Trinajstić information content (AvgIpc) is 3.11. The Morgan fingerprint density at radius 2 is 2.35 bits per heavy atom. The van der Waals surface area contributed by atoms with Crippen LogP contribution in [0.15, 0.2) is 17.9 Å². The first kappa shape index (κ1) is 12.8. The van der Waals surface area contributed by atoms with Gasteiger partial charge in [-0.25, -0.2) is 4.98 Å². The molecule has 1 N–H and O–H groups in total. The predicted molar refractivity (Wildman–Crippen MR) is 74.7 cm³/mol. The van der Waals surface area contributed by atoms with Gasteiger partial charge in [0.05, 0.1) is 5.69 Å². The third kappa shape index (κ3) is 2.17. The van der Waals surface area contributed by atoms with Crippen LogP contribution in [0, 0.1) is 11.3 Å². The lowest BCUT2D eigenvalue weighted by Gasteiger charge is -2.08. The SMILES string of the molecule is CC(C)NCc1c(-n2cnc(C#N)n2)nc2sccn12. The van der Waals surface area contributed by atoms with Crippen LogP contribution in [-0.4, -0.2) is 30.2 Å². The molecule has 0 radical (unpaired) electrons. The van der Waals surface area contributed by atoms with Crippen LogP contribution in [0.4, 0.5) is 0 Å². The average molecular weight is 287 g/mol. The lowest BCUT2D eigenvalue weighted by molar-refractivity contribution is 0.577. The maximum Gasteiger partial charge on any atom is 0.252 e. The Morgan fingerprint density at radius 1 is 1.50 bits per heavy atom. The highest BCUT2D eigenvalue weighted by Gasteiger charge is 2.16. The van der Waals surface area contributed by atoms with Gasteiger partial charge in [-0.15, -0.1) is 16.4 Å². The Morgan fingerprint density at radius 3 is 3.05 bits per heavy atom. The predicted octanol–water partition coefficient (Wildman–Crippen LogP) is 1.35. The number of hydrogen-bond donors (Lipinski definition) is 1. The molecular weight excluding hydrogens is 274 g/mol. The first-order chi connectivity index (χ1) is 9.69. The summed E-state index contributed by atoms with van der Waals surface area (Å²) in [6, 6.07) is 2.30. The van der Waals surface area contributed by atoms with Gasteiger partial charge in [-0.2, -0.15) is 14.9 Å². The molecule has 8 heteroatoms. The zero-order valence-corrected chi connectivity index (χ0v) is 11.9. The van der Waals surface area contributed by atoms with Crippen LogP contribution < -0.4 is 5.32 Å². The molecule has 3 heterocycles. The Labute approximate surface area is 119 Å². The summed E-state index contributed by atoms with van der Waals surface area (Å²) in [5.74, 6) is 0.850. The highest BCUT2D eigenvalue weighted by atomic mass is 32.1. The number of rotatable bonds is 4. The zero-order valence-electron chi connectivity index (χ0n) is 11.1. The summed E-state index contributed by atoms with van der Waals surface area (Å²) >= 11 is 1.56. The fraction of sp³-hybridized carbons (Fsp3) is 0.333. The Kier molecular flexibility index (Phi) is 3.22. The van der Waals surface area contributed by atoms with Gasteiger partial charge in [0.2, 0.25) is 0 Å². The number of nitrogens with one attached hydrogen (secondary N) is 1. The maximum atomic E-state index is 8.82. The van der Waals surface area contributed by atoms with Gasteiger partial charge in [-0.05, 0) is 0 Å². The first-order valence-corrected chi connectivity index (χ1v) is 7.07. The molecule has 0 bridgehead atoms. The van der Waals surface area contributed by atoms with Gasteiger partial charge in [0.15, 0.2) is 10.8 Å². The summed E-state index contributed by atoms with van der Waals surface area (Å²) in [4.78, 5) is 9.39. The van der Waals surface area contributed by atoms with Gasteiger partial charge in [0, 0.05) is 24.2 Å². The second-order valence-electron chi connectivity index (χ2n) is 4.60. The van der Waals surface area contributed by atoms with Crippen LogP contribution in [0.25, 0.3) is 10.8 Å². The Balaban J connectivity index is 2.07. The van der Waals surface area contributed by atoms with Gasteiger partial charge >= 0.3 is 0 Å². The van der Waals surface area contributed by atoms with E-state index in [9.17, 15) is 0 Å². The fourth-order valence-corrected chi connectivity index (χ4v) is 2.61. The molecule has 3 aromatic rings. The van der Waals surface area contributed by atoms with E-state index in [-0.39, 0.29) is 5.82 Å². The van der Waals surface area contributed by atoms with Crippen molar-refractivity contribution in [3.63, 3.8) is 0 Å². The molecule has 0 atom stereocenters. The van der Waals surface area contributed by atoms with Gasteiger partial charge in [0.25, 0.3) is 5.82 Å². The molecule has 0 aliphatic heterocycles. The number of nitriles is 1. The molecule has 0 saturated heterocycles. The molecule has 0 saturated carbocycles. The molecule has 3 rings (SSSR count). The van der Waals surface area contributed by atoms with Crippen LogP contribution in [0.3, 0.4) is 0 Å². The minimum absolute atomic E-state index is 0.143. The molecule has 0 unspecified atom stereocenters. The van der Waals surface area contributed by atoms with Crippen LogP contribution >= 0.6 is 11.3 Å². The molecule has 0 spiro atoms. The van der Waals surface area contributed by atoms with Crippen LogP contribution in [0.1, 0.15) is 25.4 Å². The van der Waals surface area contributed by atoms with Gasteiger partial charge in [0.1, 0.15) is 12.4 Å². The molecular formula is C12H13N7S. The summed E-state index contributed by atoms with van der Waals surface area (Å²) in [6.45, 7) is 4.86. The van der Waals surface area contributed by atoms with E-state index in [4.69, 9.17) is 5.26 Å². The normalized spacial score (nSPS) is 11.3. The van der Waals surface area contributed by atoms with Crippen LogP contribution in [0.5, 0.6) is 0 Å². The van der Waals surface area contributed by atoms with Gasteiger partial charge < -0.3 is 5.32 Å². The number of imidazole rings is 1. The smallest absolute Gasteiger partial charge is 0.252 e. The van der Waals surface area contributed by atoms with Crippen molar-refractivity contribution in [2.75, 3.05) is 0 Å². The Bertz CT molecular complexity index is 773. The monoisotopic (exact) mass is 287 g/mol. The van der Waals surface area contributed by atoms with Crippen molar-refractivity contribution in [2.24, 2.45) is 0 Å². The minimum atomic E-state index is 0.143. The van der Waals surface area contributed by atoms with Gasteiger partial charge in [-0.1, -0.05) is 13.8 Å². The number of thiazole rings is 1. The van der Waals surface area contributed by atoms with Crippen molar-refractivity contribution in [3.8, 4) is 11.9 Å². The second kappa shape index (κ2) is 5.03. The molecule has 0 aromatic carbocycles. The molecule has 0 amide bonds. The maximum absolute atomic E-state index is 8.82.